The average Bonchev–Trinajstić information content (AvgIpc) is 2.76. The first-order valence-corrected chi connectivity index (χ1v) is 9.43. The third-order valence-electron chi connectivity index (χ3n) is 4.37. The highest BCUT2D eigenvalue weighted by atomic mass is 16.7. The van der Waals surface area contributed by atoms with Gasteiger partial charge in [0.05, 0.1) is 14.2 Å². The molecule has 0 saturated carbocycles. The molecule has 31 heavy (non-hydrogen) atoms. The van der Waals surface area contributed by atoms with Crippen LogP contribution < -0.4 is 9.47 Å². The molecule has 0 aliphatic carbocycles. The molecule has 7 nitrogen and oxygen atoms in total. The van der Waals surface area contributed by atoms with Gasteiger partial charge >= 0.3 is 18.6 Å². The Hall–Kier alpha value is -3.87. The Bertz CT molecular complexity index is 991. The Morgan fingerprint density at radius 1 is 1.10 bits per heavy atom. The topological polar surface area (TPSA) is 88.1 Å². The summed E-state index contributed by atoms with van der Waals surface area (Å²) in [5.41, 5.74) is 2.64. The maximum Gasteiger partial charge on any atom is 0.521 e. The minimum Gasteiger partial charge on any atom is -0.496 e. The van der Waals surface area contributed by atoms with Crippen LogP contribution in [0.25, 0.3) is 12.2 Å². The summed E-state index contributed by atoms with van der Waals surface area (Å²) >= 11 is 0. The number of esters is 1. The van der Waals surface area contributed by atoms with E-state index in [1.165, 1.54) is 14.2 Å². The molecule has 0 atom stereocenters. The quantitative estimate of drug-likeness (QED) is 0.142. The first-order chi connectivity index (χ1) is 14.9. The first-order valence-electron chi connectivity index (χ1n) is 9.43. The lowest BCUT2D eigenvalue weighted by Crippen LogP contribution is -2.16. The molecule has 0 aliphatic heterocycles. The normalized spacial score (nSPS) is 10.4. The third-order valence-corrected chi connectivity index (χ3v) is 4.37. The molecule has 162 valence electrons. The smallest absolute Gasteiger partial charge is 0.496 e. The molecule has 0 unspecified atom stereocenters. The summed E-state index contributed by atoms with van der Waals surface area (Å²) in [5.74, 6) is -0.414. The van der Waals surface area contributed by atoms with Gasteiger partial charge in [-0.2, -0.15) is 0 Å². The summed E-state index contributed by atoms with van der Waals surface area (Å²) < 4.78 is 20.0. The van der Waals surface area contributed by atoms with Gasteiger partial charge in [-0.1, -0.05) is 48.1 Å². The number of ether oxygens (including phenoxy) is 4. The molecule has 2 rings (SSSR count). The fourth-order valence-corrected chi connectivity index (χ4v) is 2.91. The predicted molar refractivity (Wildman–Crippen MR) is 116 cm³/mol. The molecule has 0 aromatic heterocycles. The van der Waals surface area contributed by atoms with Gasteiger partial charge < -0.3 is 18.9 Å². The van der Waals surface area contributed by atoms with E-state index in [2.05, 4.69) is 11.3 Å². The van der Waals surface area contributed by atoms with Crippen LogP contribution >= 0.6 is 0 Å². The number of rotatable bonds is 9. The first kappa shape index (κ1) is 23.4. The minimum absolute atomic E-state index is 0.00930. The summed E-state index contributed by atoms with van der Waals surface area (Å²) in [6.07, 6.45) is 3.12. The maximum atomic E-state index is 12.7. The van der Waals surface area contributed by atoms with Crippen LogP contribution in [-0.4, -0.2) is 32.8 Å². The molecule has 0 N–H and O–H groups in total. The van der Waals surface area contributed by atoms with Crippen LogP contribution in [0.3, 0.4) is 0 Å². The largest absolute Gasteiger partial charge is 0.521 e. The standard InChI is InChI=1S/C24H24O7/c1-16(2)10-13-19-20(28-3)14-18(12-11-17-8-6-5-7-9-17)21(23(26)29-4)22(19)31-24(27)30-15-25/h5-9,11-12,14-15H,1,10,13H2,2-4H3/b12-11+. The van der Waals surface area contributed by atoms with Crippen LogP contribution in [-0.2, 0) is 20.7 Å². The molecular formula is C24H24O7. The minimum atomic E-state index is -1.28. The van der Waals surface area contributed by atoms with E-state index >= 15 is 0 Å². The lowest BCUT2D eigenvalue weighted by atomic mass is 9.96. The molecule has 0 spiro atoms. The van der Waals surface area contributed by atoms with Gasteiger partial charge in [0.15, 0.2) is 5.75 Å². The number of allylic oxidation sites excluding steroid dienone is 1. The van der Waals surface area contributed by atoms with Crippen LogP contribution in [0.2, 0.25) is 0 Å². The Morgan fingerprint density at radius 3 is 2.39 bits per heavy atom. The molecule has 2 aromatic rings. The van der Waals surface area contributed by atoms with Gasteiger partial charge in [0.1, 0.15) is 11.3 Å². The summed E-state index contributed by atoms with van der Waals surface area (Å²) in [4.78, 5) is 35.2. The van der Waals surface area contributed by atoms with Crippen molar-refractivity contribution in [1.82, 2.24) is 0 Å². The summed E-state index contributed by atoms with van der Waals surface area (Å²) in [5, 5.41) is 0. The summed E-state index contributed by atoms with van der Waals surface area (Å²) in [7, 11) is 2.69. The SMILES string of the molecule is C=C(C)CCc1c(OC)cc(/C=C/c2ccccc2)c(C(=O)OC)c1OC(=O)OC=O. The zero-order valence-corrected chi connectivity index (χ0v) is 17.7. The number of hydrogen-bond donors (Lipinski definition) is 0. The van der Waals surface area contributed by atoms with Gasteiger partial charge in [0.25, 0.3) is 0 Å². The summed E-state index contributed by atoms with van der Waals surface area (Å²) in [6, 6.07) is 11.1. The predicted octanol–water partition coefficient (Wildman–Crippen LogP) is 4.83. The number of methoxy groups -OCH3 is 2. The maximum absolute atomic E-state index is 12.7. The van der Waals surface area contributed by atoms with E-state index in [1.54, 1.807) is 18.2 Å². The van der Waals surface area contributed by atoms with Crippen molar-refractivity contribution in [3.05, 3.63) is 70.8 Å². The fraction of sp³-hybridized carbons (Fsp3) is 0.208. The van der Waals surface area contributed by atoms with Crippen molar-refractivity contribution in [1.29, 1.82) is 0 Å². The lowest BCUT2D eigenvalue weighted by Gasteiger charge is -2.18. The van der Waals surface area contributed by atoms with Gasteiger partial charge in [-0.25, -0.2) is 9.59 Å². The number of benzene rings is 2. The third kappa shape index (κ3) is 6.30. The second-order valence-electron chi connectivity index (χ2n) is 6.61. The van der Waals surface area contributed by atoms with Gasteiger partial charge in [-0.05, 0) is 37.0 Å². The highest BCUT2D eigenvalue weighted by Gasteiger charge is 2.27. The second-order valence-corrected chi connectivity index (χ2v) is 6.61. The highest BCUT2D eigenvalue weighted by molar-refractivity contribution is 5.99. The molecule has 0 fully saturated rings. The van der Waals surface area contributed by atoms with Crippen LogP contribution in [0, 0.1) is 0 Å². The Balaban J connectivity index is 2.72. The van der Waals surface area contributed by atoms with Gasteiger partial charge in [-0.3, -0.25) is 4.79 Å². The number of hydrogen-bond acceptors (Lipinski definition) is 7. The monoisotopic (exact) mass is 424 g/mol. The molecule has 0 radical (unpaired) electrons. The molecule has 0 heterocycles. The van der Waals surface area contributed by atoms with E-state index in [0.29, 0.717) is 29.7 Å². The van der Waals surface area contributed by atoms with Crippen LogP contribution in [0.15, 0.2) is 48.6 Å². The van der Waals surface area contributed by atoms with Gasteiger partial charge in [0, 0.05) is 5.56 Å². The van der Waals surface area contributed by atoms with Crippen LogP contribution in [0.1, 0.15) is 40.4 Å². The van der Waals surface area contributed by atoms with Crippen molar-refractivity contribution in [3.63, 3.8) is 0 Å². The lowest BCUT2D eigenvalue weighted by molar-refractivity contribution is -0.124. The van der Waals surface area contributed by atoms with Crippen molar-refractivity contribution >= 4 is 30.7 Å². The summed E-state index contributed by atoms with van der Waals surface area (Å²) in [6.45, 7) is 5.68. The van der Waals surface area contributed by atoms with E-state index in [0.717, 1.165) is 11.1 Å². The highest BCUT2D eigenvalue weighted by Crippen LogP contribution is 2.38. The number of carbonyl (C=O) groups excluding carboxylic acids is 3. The zero-order chi connectivity index (χ0) is 22.8. The van der Waals surface area contributed by atoms with E-state index in [9.17, 15) is 14.4 Å². The van der Waals surface area contributed by atoms with E-state index in [4.69, 9.17) is 14.2 Å². The van der Waals surface area contributed by atoms with Gasteiger partial charge in [-0.15, -0.1) is 6.58 Å². The molecule has 0 saturated heterocycles. The second kappa shape index (κ2) is 11.3. The Labute approximate surface area is 180 Å². The van der Waals surface area contributed by atoms with E-state index < -0.39 is 12.1 Å². The molecule has 2 aromatic carbocycles. The van der Waals surface area contributed by atoms with Crippen molar-refractivity contribution in [2.75, 3.05) is 14.2 Å². The zero-order valence-electron chi connectivity index (χ0n) is 17.7. The fourth-order valence-electron chi connectivity index (χ4n) is 2.91. The van der Waals surface area contributed by atoms with Crippen molar-refractivity contribution in [2.45, 2.75) is 19.8 Å². The van der Waals surface area contributed by atoms with Crippen LogP contribution in [0.5, 0.6) is 11.5 Å². The van der Waals surface area contributed by atoms with E-state index in [-0.39, 0.29) is 17.8 Å². The average molecular weight is 424 g/mol. The van der Waals surface area contributed by atoms with Gasteiger partial charge in [0.2, 0.25) is 0 Å². The van der Waals surface area contributed by atoms with Crippen molar-refractivity contribution in [3.8, 4) is 11.5 Å². The van der Waals surface area contributed by atoms with Crippen molar-refractivity contribution in [2.24, 2.45) is 0 Å². The molecule has 0 aliphatic rings. The molecule has 0 amide bonds. The molecule has 0 bridgehead atoms. The number of carbonyl (C=O) groups is 3. The Morgan fingerprint density at radius 2 is 1.81 bits per heavy atom. The van der Waals surface area contributed by atoms with Crippen LogP contribution in [0.4, 0.5) is 4.79 Å². The molecular weight excluding hydrogens is 400 g/mol. The van der Waals surface area contributed by atoms with Crippen molar-refractivity contribution < 1.29 is 33.3 Å². The molecule has 7 heteroatoms. The van der Waals surface area contributed by atoms with E-state index in [1.807, 2.05) is 37.3 Å². The Kier molecular flexibility index (Phi) is 8.57.